The van der Waals surface area contributed by atoms with Gasteiger partial charge in [0.15, 0.2) is 0 Å². The van der Waals surface area contributed by atoms with Crippen molar-refractivity contribution in [3.63, 3.8) is 0 Å². The number of carbonyl (C=O) groups excluding carboxylic acids is 2. The first-order valence-electron chi connectivity index (χ1n) is 2.43. The summed E-state index contributed by atoms with van der Waals surface area (Å²) in [5.74, 6) is 0. The second-order valence-corrected chi connectivity index (χ2v) is 1.06. The SMILES string of the molecule is C/C=C\CC.O=C=O. The molecule has 0 aromatic rings. The van der Waals surface area contributed by atoms with E-state index in [0.29, 0.717) is 0 Å². The van der Waals surface area contributed by atoms with Gasteiger partial charge in [0.05, 0.1) is 0 Å². The fourth-order valence-electron chi connectivity index (χ4n) is 0.236. The maximum Gasteiger partial charge on any atom is 0.373 e. The zero-order chi connectivity index (χ0) is 6.83. The first kappa shape index (κ1) is 10.2. The number of rotatable bonds is 1. The highest BCUT2D eigenvalue weighted by atomic mass is 16.2. The predicted molar refractivity (Wildman–Crippen MR) is 30.1 cm³/mol. The van der Waals surface area contributed by atoms with Crippen molar-refractivity contribution in [3.05, 3.63) is 12.2 Å². The largest absolute Gasteiger partial charge is 0.373 e. The van der Waals surface area contributed by atoms with Crippen LogP contribution in [0.3, 0.4) is 0 Å². The van der Waals surface area contributed by atoms with Crippen LogP contribution in [0.25, 0.3) is 0 Å². The number of allylic oxidation sites excluding steroid dienone is 2. The van der Waals surface area contributed by atoms with Crippen molar-refractivity contribution in [2.75, 3.05) is 0 Å². The van der Waals surface area contributed by atoms with E-state index in [9.17, 15) is 0 Å². The summed E-state index contributed by atoms with van der Waals surface area (Å²) >= 11 is 0. The quantitative estimate of drug-likeness (QED) is 0.483. The molecule has 0 bridgehead atoms. The van der Waals surface area contributed by atoms with E-state index in [1.807, 2.05) is 6.92 Å². The molecule has 0 amide bonds. The molecule has 0 unspecified atom stereocenters. The van der Waals surface area contributed by atoms with Crippen molar-refractivity contribution in [2.24, 2.45) is 0 Å². The number of hydrogen-bond acceptors (Lipinski definition) is 2. The maximum absolute atomic E-state index is 8.12. The van der Waals surface area contributed by atoms with Gasteiger partial charge in [-0.1, -0.05) is 19.1 Å². The van der Waals surface area contributed by atoms with Crippen LogP contribution in [0, 0.1) is 0 Å². The van der Waals surface area contributed by atoms with Crippen LogP contribution in [-0.2, 0) is 9.59 Å². The minimum Gasteiger partial charge on any atom is -0.186 e. The molecule has 0 aromatic heterocycles. The molecule has 2 nitrogen and oxygen atoms in total. The van der Waals surface area contributed by atoms with Crippen LogP contribution in [-0.4, -0.2) is 6.15 Å². The number of hydrogen-bond donors (Lipinski definition) is 0. The third-order valence-electron chi connectivity index (χ3n) is 0.471. The maximum atomic E-state index is 8.12. The Bertz CT molecular complexity index is 78.5. The average molecular weight is 114 g/mol. The fraction of sp³-hybridized carbons (Fsp3) is 0.500. The van der Waals surface area contributed by atoms with Gasteiger partial charge in [0, 0.05) is 0 Å². The lowest BCUT2D eigenvalue weighted by Gasteiger charge is -1.65. The third kappa shape index (κ3) is 69.3. The van der Waals surface area contributed by atoms with E-state index in [1.54, 1.807) is 0 Å². The normalized spacial score (nSPS) is 7.25. The van der Waals surface area contributed by atoms with E-state index >= 15 is 0 Å². The Balaban J connectivity index is 0. The first-order valence-corrected chi connectivity index (χ1v) is 2.43. The summed E-state index contributed by atoms with van der Waals surface area (Å²) < 4.78 is 0. The standard InChI is InChI=1S/C5H10.CO2/c1-3-5-4-2;2-1-3/h3,5H,4H2,1-2H3;/b5-3-;. The van der Waals surface area contributed by atoms with Gasteiger partial charge in [-0.2, -0.15) is 9.59 Å². The van der Waals surface area contributed by atoms with Crippen molar-refractivity contribution in [1.82, 2.24) is 0 Å². The van der Waals surface area contributed by atoms with E-state index in [2.05, 4.69) is 19.1 Å². The van der Waals surface area contributed by atoms with E-state index in [-0.39, 0.29) is 6.15 Å². The highest BCUT2D eigenvalue weighted by molar-refractivity contribution is 5.20. The Kier molecular flexibility index (Phi) is 21.0. The van der Waals surface area contributed by atoms with Gasteiger partial charge in [0.1, 0.15) is 0 Å². The fourth-order valence-corrected chi connectivity index (χ4v) is 0.236. The van der Waals surface area contributed by atoms with Crippen LogP contribution in [0.15, 0.2) is 12.2 Å². The minimum absolute atomic E-state index is 0.250. The molecule has 0 rings (SSSR count). The molecule has 2 heteroatoms. The monoisotopic (exact) mass is 114 g/mol. The van der Waals surface area contributed by atoms with Gasteiger partial charge in [0.2, 0.25) is 0 Å². The smallest absolute Gasteiger partial charge is 0.186 e. The Hall–Kier alpha value is -0.880. The second kappa shape index (κ2) is 16.5. The lowest BCUT2D eigenvalue weighted by molar-refractivity contribution is -0.191. The Morgan fingerprint density at radius 3 is 1.88 bits per heavy atom. The van der Waals surface area contributed by atoms with Gasteiger partial charge < -0.3 is 0 Å². The zero-order valence-corrected chi connectivity index (χ0v) is 5.18. The van der Waals surface area contributed by atoms with Gasteiger partial charge in [-0.25, -0.2) is 0 Å². The van der Waals surface area contributed by atoms with Crippen LogP contribution in [0.4, 0.5) is 0 Å². The molecule has 0 aliphatic rings. The molecule has 0 saturated carbocycles. The Morgan fingerprint density at radius 1 is 1.50 bits per heavy atom. The van der Waals surface area contributed by atoms with Crippen molar-refractivity contribution in [2.45, 2.75) is 20.3 Å². The summed E-state index contributed by atoms with van der Waals surface area (Å²) in [5.41, 5.74) is 0. The van der Waals surface area contributed by atoms with Crippen LogP contribution in [0.5, 0.6) is 0 Å². The van der Waals surface area contributed by atoms with Gasteiger partial charge in [-0.15, -0.1) is 0 Å². The van der Waals surface area contributed by atoms with Crippen LogP contribution >= 0.6 is 0 Å². The van der Waals surface area contributed by atoms with Crippen LogP contribution < -0.4 is 0 Å². The summed E-state index contributed by atoms with van der Waals surface area (Å²) in [5, 5.41) is 0. The Morgan fingerprint density at radius 2 is 1.88 bits per heavy atom. The van der Waals surface area contributed by atoms with Crippen LogP contribution in [0.2, 0.25) is 0 Å². The molecular formula is C6H10O2. The Labute approximate surface area is 49.2 Å². The summed E-state index contributed by atoms with van der Waals surface area (Å²) in [4.78, 5) is 16.2. The highest BCUT2D eigenvalue weighted by Gasteiger charge is 1.52. The van der Waals surface area contributed by atoms with E-state index in [0.717, 1.165) is 6.42 Å². The predicted octanol–water partition coefficient (Wildman–Crippen LogP) is 1.39. The lowest BCUT2D eigenvalue weighted by Crippen LogP contribution is -1.43. The summed E-state index contributed by atoms with van der Waals surface area (Å²) in [6.45, 7) is 4.16. The summed E-state index contributed by atoms with van der Waals surface area (Å²) in [7, 11) is 0. The molecule has 0 N–H and O–H groups in total. The topological polar surface area (TPSA) is 34.1 Å². The van der Waals surface area contributed by atoms with E-state index < -0.39 is 0 Å². The van der Waals surface area contributed by atoms with Crippen molar-refractivity contribution < 1.29 is 9.59 Å². The first-order chi connectivity index (χ1) is 3.83. The molecule has 0 saturated heterocycles. The molecule has 0 aromatic carbocycles. The minimum atomic E-state index is 0.250. The molecule has 46 valence electrons. The van der Waals surface area contributed by atoms with Gasteiger partial charge in [0.25, 0.3) is 0 Å². The molecule has 0 radical (unpaired) electrons. The van der Waals surface area contributed by atoms with E-state index in [1.165, 1.54) is 0 Å². The molecule has 0 fully saturated rings. The summed E-state index contributed by atoms with van der Waals surface area (Å²) in [6, 6.07) is 0. The van der Waals surface area contributed by atoms with Gasteiger partial charge in [-0.3, -0.25) is 0 Å². The average Bonchev–Trinajstić information content (AvgIpc) is 1.71. The molecule has 8 heavy (non-hydrogen) atoms. The van der Waals surface area contributed by atoms with E-state index in [4.69, 9.17) is 9.59 Å². The molecule has 0 heterocycles. The molecule has 0 atom stereocenters. The molecule has 0 spiro atoms. The van der Waals surface area contributed by atoms with Gasteiger partial charge in [-0.05, 0) is 13.3 Å². The molecule has 0 aliphatic carbocycles. The van der Waals surface area contributed by atoms with Crippen molar-refractivity contribution in [1.29, 1.82) is 0 Å². The third-order valence-corrected chi connectivity index (χ3v) is 0.471. The summed E-state index contributed by atoms with van der Waals surface area (Å²) in [6.07, 6.45) is 5.59. The van der Waals surface area contributed by atoms with Crippen molar-refractivity contribution >= 4 is 6.15 Å². The molecular weight excluding hydrogens is 104 g/mol. The van der Waals surface area contributed by atoms with Crippen molar-refractivity contribution in [3.8, 4) is 0 Å². The van der Waals surface area contributed by atoms with Gasteiger partial charge >= 0.3 is 6.15 Å². The lowest BCUT2D eigenvalue weighted by atomic mass is 10.4. The zero-order valence-electron chi connectivity index (χ0n) is 5.18. The molecule has 0 aliphatic heterocycles. The highest BCUT2D eigenvalue weighted by Crippen LogP contribution is 1.73. The second-order valence-electron chi connectivity index (χ2n) is 1.06. The van der Waals surface area contributed by atoms with Crippen LogP contribution in [0.1, 0.15) is 20.3 Å².